The Bertz CT molecular complexity index is 1350. The third kappa shape index (κ3) is 3.80. The molecule has 0 aliphatic carbocycles. The standard InChI is InChI=1S/C20H18N4O3S2/c1-13-19(28-20-23-16-4-2-3-5-17(16)24(13)20)18(25)10-11-22-12-14-6-8-15(9-7-14)29(21,26)27/h2-11,22H,12H2,1H3,(H2,21,26,27)/b11-10+. The summed E-state index contributed by atoms with van der Waals surface area (Å²) in [6, 6.07) is 14.1. The maximum Gasteiger partial charge on any atom is 0.238 e. The second kappa shape index (κ2) is 7.43. The highest BCUT2D eigenvalue weighted by Crippen LogP contribution is 2.28. The fraction of sp³-hybridized carbons (Fsp3) is 0.100. The molecule has 29 heavy (non-hydrogen) atoms. The molecule has 0 fully saturated rings. The highest BCUT2D eigenvalue weighted by Gasteiger charge is 2.17. The minimum absolute atomic E-state index is 0.0673. The second-order valence-electron chi connectivity index (χ2n) is 6.50. The minimum Gasteiger partial charge on any atom is -0.387 e. The van der Waals surface area contributed by atoms with Crippen LogP contribution in [0, 0.1) is 6.92 Å². The number of allylic oxidation sites excluding steroid dienone is 1. The Kier molecular flexibility index (Phi) is 4.95. The van der Waals surface area contributed by atoms with E-state index in [0.29, 0.717) is 11.4 Å². The number of hydrogen-bond donors (Lipinski definition) is 2. The van der Waals surface area contributed by atoms with Gasteiger partial charge in [0.15, 0.2) is 10.7 Å². The fourth-order valence-electron chi connectivity index (χ4n) is 3.08. The van der Waals surface area contributed by atoms with Gasteiger partial charge in [-0.05, 0) is 36.8 Å². The van der Waals surface area contributed by atoms with Crippen LogP contribution in [0.2, 0.25) is 0 Å². The summed E-state index contributed by atoms with van der Waals surface area (Å²) in [5, 5.41) is 8.12. The first-order chi connectivity index (χ1) is 13.8. The lowest BCUT2D eigenvalue weighted by Gasteiger charge is -2.03. The Labute approximate surface area is 171 Å². The minimum atomic E-state index is -3.70. The van der Waals surface area contributed by atoms with Crippen LogP contribution >= 0.6 is 11.3 Å². The van der Waals surface area contributed by atoms with Crippen LogP contribution in [-0.4, -0.2) is 23.6 Å². The summed E-state index contributed by atoms with van der Waals surface area (Å²) < 4.78 is 24.5. The molecule has 0 radical (unpaired) electrons. The van der Waals surface area contributed by atoms with Crippen molar-refractivity contribution in [1.82, 2.24) is 14.7 Å². The van der Waals surface area contributed by atoms with E-state index in [9.17, 15) is 13.2 Å². The predicted octanol–water partition coefficient (Wildman–Crippen LogP) is 2.99. The smallest absolute Gasteiger partial charge is 0.238 e. The predicted molar refractivity (Wildman–Crippen MR) is 113 cm³/mol. The zero-order chi connectivity index (χ0) is 20.6. The molecule has 0 unspecified atom stereocenters. The van der Waals surface area contributed by atoms with Crippen LogP contribution in [0.4, 0.5) is 0 Å². The molecule has 0 amide bonds. The summed E-state index contributed by atoms with van der Waals surface area (Å²) in [6.07, 6.45) is 3.08. The van der Waals surface area contributed by atoms with Gasteiger partial charge in [0.25, 0.3) is 0 Å². The maximum absolute atomic E-state index is 12.6. The molecule has 7 nitrogen and oxygen atoms in total. The molecule has 2 aromatic carbocycles. The first kappa shape index (κ1) is 19.3. The number of benzene rings is 2. The highest BCUT2D eigenvalue weighted by molar-refractivity contribution is 7.89. The average molecular weight is 427 g/mol. The number of sulfonamides is 1. The quantitative estimate of drug-likeness (QED) is 0.364. The molecular weight excluding hydrogens is 408 g/mol. The van der Waals surface area contributed by atoms with Gasteiger partial charge < -0.3 is 5.32 Å². The van der Waals surface area contributed by atoms with Gasteiger partial charge in [0.1, 0.15) is 0 Å². The van der Waals surface area contributed by atoms with Crippen molar-refractivity contribution in [3.63, 3.8) is 0 Å². The topological polar surface area (TPSA) is 107 Å². The molecule has 0 aliphatic rings. The molecule has 3 N–H and O–H groups in total. The number of hydrogen-bond acceptors (Lipinski definition) is 6. The zero-order valence-corrected chi connectivity index (χ0v) is 17.1. The molecule has 0 saturated carbocycles. The van der Waals surface area contributed by atoms with Gasteiger partial charge in [0.05, 0.1) is 20.8 Å². The van der Waals surface area contributed by atoms with E-state index in [2.05, 4.69) is 10.3 Å². The van der Waals surface area contributed by atoms with Crippen LogP contribution in [0.15, 0.2) is 65.7 Å². The van der Waals surface area contributed by atoms with Crippen molar-refractivity contribution < 1.29 is 13.2 Å². The Balaban J connectivity index is 1.45. The molecule has 2 heterocycles. The molecule has 0 saturated heterocycles. The summed E-state index contributed by atoms with van der Waals surface area (Å²) in [6.45, 7) is 2.37. The number of ketones is 1. The lowest BCUT2D eigenvalue weighted by atomic mass is 10.2. The van der Waals surface area contributed by atoms with Gasteiger partial charge in [-0.1, -0.05) is 35.6 Å². The van der Waals surface area contributed by atoms with Crippen LogP contribution in [-0.2, 0) is 16.6 Å². The van der Waals surface area contributed by atoms with E-state index < -0.39 is 10.0 Å². The number of nitrogens with zero attached hydrogens (tertiary/aromatic N) is 2. The third-order valence-electron chi connectivity index (χ3n) is 4.52. The normalized spacial score (nSPS) is 12.2. The van der Waals surface area contributed by atoms with Crippen LogP contribution in [0.3, 0.4) is 0 Å². The number of carbonyl (C=O) groups excluding carboxylic acids is 1. The van der Waals surface area contributed by atoms with Crippen molar-refractivity contribution in [2.75, 3.05) is 0 Å². The molecule has 9 heteroatoms. The largest absolute Gasteiger partial charge is 0.387 e. The van der Waals surface area contributed by atoms with Crippen LogP contribution in [0.25, 0.3) is 16.0 Å². The number of fused-ring (bicyclic) bond motifs is 3. The number of primary sulfonamides is 1. The van der Waals surface area contributed by atoms with Gasteiger partial charge in [0, 0.05) is 24.5 Å². The van der Waals surface area contributed by atoms with Gasteiger partial charge in [-0.15, -0.1) is 0 Å². The molecule has 4 rings (SSSR count). The Hall–Kier alpha value is -3.01. The summed E-state index contributed by atoms with van der Waals surface area (Å²) in [4.78, 5) is 18.7. The number of aryl methyl sites for hydroxylation is 1. The number of rotatable bonds is 6. The zero-order valence-electron chi connectivity index (χ0n) is 15.5. The van der Waals surface area contributed by atoms with E-state index in [4.69, 9.17) is 5.14 Å². The summed E-state index contributed by atoms with van der Waals surface area (Å²) >= 11 is 1.37. The molecule has 0 bridgehead atoms. The molecule has 0 aliphatic heterocycles. The van der Waals surface area contributed by atoms with E-state index in [1.54, 1.807) is 18.3 Å². The lowest BCUT2D eigenvalue weighted by Crippen LogP contribution is -2.12. The van der Waals surface area contributed by atoms with Crippen molar-refractivity contribution >= 4 is 43.1 Å². The van der Waals surface area contributed by atoms with E-state index in [0.717, 1.165) is 27.3 Å². The van der Waals surface area contributed by atoms with Gasteiger partial charge >= 0.3 is 0 Å². The van der Waals surface area contributed by atoms with E-state index in [1.807, 2.05) is 35.6 Å². The van der Waals surface area contributed by atoms with Crippen molar-refractivity contribution in [1.29, 1.82) is 0 Å². The number of para-hydroxylation sites is 2. The number of nitrogens with one attached hydrogen (secondary N) is 1. The van der Waals surface area contributed by atoms with Crippen molar-refractivity contribution in [3.8, 4) is 0 Å². The number of carbonyl (C=O) groups is 1. The number of aromatic nitrogens is 2. The molecule has 2 aromatic heterocycles. The first-order valence-corrected chi connectivity index (χ1v) is 11.1. The Morgan fingerprint density at radius 3 is 2.66 bits per heavy atom. The van der Waals surface area contributed by atoms with E-state index >= 15 is 0 Å². The molecule has 0 atom stereocenters. The summed E-state index contributed by atoms with van der Waals surface area (Å²) in [5.74, 6) is -0.0980. The van der Waals surface area contributed by atoms with Crippen molar-refractivity contribution in [2.24, 2.45) is 5.14 Å². The maximum atomic E-state index is 12.6. The number of imidazole rings is 1. The molecule has 4 aromatic rings. The van der Waals surface area contributed by atoms with Gasteiger partial charge in [-0.25, -0.2) is 18.5 Å². The Morgan fingerprint density at radius 1 is 1.21 bits per heavy atom. The molecular formula is C20H18N4O3S2. The summed E-state index contributed by atoms with van der Waals surface area (Å²) in [7, 11) is -3.70. The van der Waals surface area contributed by atoms with E-state index in [1.165, 1.54) is 29.5 Å². The fourth-order valence-corrected chi connectivity index (χ4v) is 4.65. The molecule has 0 spiro atoms. The Morgan fingerprint density at radius 2 is 1.93 bits per heavy atom. The van der Waals surface area contributed by atoms with Gasteiger partial charge in [-0.3, -0.25) is 9.20 Å². The highest BCUT2D eigenvalue weighted by atomic mass is 32.2. The van der Waals surface area contributed by atoms with E-state index in [-0.39, 0.29) is 10.7 Å². The van der Waals surface area contributed by atoms with Crippen LogP contribution in [0.1, 0.15) is 20.9 Å². The molecule has 148 valence electrons. The van der Waals surface area contributed by atoms with Crippen molar-refractivity contribution in [2.45, 2.75) is 18.4 Å². The number of nitrogens with two attached hydrogens (primary N) is 1. The van der Waals surface area contributed by atoms with Gasteiger partial charge in [0.2, 0.25) is 10.0 Å². The SMILES string of the molecule is Cc1c(C(=O)/C=C/NCc2ccc(S(N)(=O)=O)cc2)sc2nc3ccccc3n12. The van der Waals surface area contributed by atoms with Crippen LogP contribution in [0.5, 0.6) is 0 Å². The lowest BCUT2D eigenvalue weighted by molar-refractivity contribution is 0.104. The monoisotopic (exact) mass is 426 g/mol. The van der Waals surface area contributed by atoms with Crippen LogP contribution < -0.4 is 10.5 Å². The number of thiazole rings is 1. The first-order valence-electron chi connectivity index (χ1n) is 8.77. The second-order valence-corrected chi connectivity index (χ2v) is 9.04. The van der Waals surface area contributed by atoms with Gasteiger partial charge in [-0.2, -0.15) is 0 Å². The average Bonchev–Trinajstić information content (AvgIpc) is 3.21. The van der Waals surface area contributed by atoms with Crippen molar-refractivity contribution in [3.05, 3.63) is 76.9 Å². The summed E-state index contributed by atoms with van der Waals surface area (Å²) in [5.41, 5.74) is 3.63. The third-order valence-corrected chi connectivity index (χ3v) is 6.61.